The summed E-state index contributed by atoms with van der Waals surface area (Å²) in [7, 11) is 0. The molecule has 0 bridgehead atoms. The third-order valence-electron chi connectivity index (χ3n) is 2.69. The number of amides is 2. The Bertz CT molecular complexity index is 247. The zero-order valence-electron chi connectivity index (χ0n) is 8.57. The zero-order chi connectivity index (χ0) is 10.7. The number of imide groups is 1. The summed E-state index contributed by atoms with van der Waals surface area (Å²) >= 11 is 0. The van der Waals surface area contributed by atoms with Crippen molar-refractivity contribution in [3.8, 4) is 0 Å². The normalized spacial score (nSPS) is 23.3. The molecule has 2 saturated heterocycles. The van der Waals surface area contributed by atoms with E-state index in [0.29, 0.717) is 6.54 Å². The number of piperazine rings is 1. The third kappa shape index (κ3) is 2.45. The molecular weight excluding hydrogens is 198 g/mol. The van der Waals surface area contributed by atoms with Crippen molar-refractivity contribution in [3.05, 3.63) is 0 Å². The van der Waals surface area contributed by atoms with E-state index in [1.165, 1.54) is 4.90 Å². The van der Waals surface area contributed by atoms with Crippen LogP contribution in [0.1, 0.15) is 0 Å². The summed E-state index contributed by atoms with van der Waals surface area (Å²) in [5.74, 6) is -0.227. The molecule has 0 spiro atoms. The largest absolute Gasteiger partial charge is 0.439 e. The van der Waals surface area contributed by atoms with Gasteiger partial charge in [0.15, 0.2) is 6.61 Å². The second-order valence-electron chi connectivity index (χ2n) is 3.69. The molecule has 0 atom stereocenters. The number of cyclic esters (lactones) is 1. The van der Waals surface area contributed by atoms with Crippen LogP contribution in [0.2, 0.25) is 0 Å². The van der Waals surface area contributed by atoms with Gasteiger partial charge in [-0.1, -0.05) is 0 Å². The van der Waals surface area contributed by atoms with E-state index in [1.54, 1.807) is 0 Å². The predicted octanol–water partition coefficient (Wildman–Crippen LogP) is -1.13. The Labute approximate surface area is 88.2 Å². The Balaban J connectivity index is 1.76. The van der Waals surface area contributed by atoms with E-state index in [2.05, 4.69) is 15.0 Å². The Morgan fingerprint density at radius 3 is 2.53 bits per heavy atom. The molecule has 0 saturated carbocycles. The lowest BCUT2D eigenvalue weighted by molar-refractivity contribution is -0.126. The van der Waals surface area contributed by atoms with Crippen molar-refractivity contribution < 1.29 is 14.3 Å². The molecule has 2 rings (SSSR count). The first kappa shape index (κ1) is 10.4. The Morgan fingerprint density at radius 2 is 1.93 bits per heavy atom. The molecule has 0 aromatic heterocycles. The summed E-state index contributed by atoms with van der Waals surface area (Å²) < 4.78 is 4.62. The van der Waals surface area contributed by atoms with E-state index in [9.17, 15) is 9.59 Å². The minimum absolute atomic E-state index is 0.0968. The number of carbonyl (C=O) groups is 2. The highest BCUT2D eigenvalue weighted by molar-refractivity contribution is 5.97. The van der Waals surface area contributed by atoms with E-state index in [1.807, 2.05) is 0 Å². The van der Waals surface area contributed by atoms with Crippen LogP contribution < -0.4 is 5.32 Å². The fourth-order valence-electron chi connectivity index (χ4n) is 1.77. The first-order chi connectivity index (χ1) is 7.27. The average Bonchev–Trinajstić information content (AvgIpc) is 2.58. The number of ether oxygens (including phenoxy) is 1. The SMILES string of the molecule is O=C1COC(=O)N1CCN1CCNCC1. The van der Waals surface area contributed by atoms with Crippen molar-refractivity contribution in [2.24, 2.45) is 0 Å². The van der Waals surface area contributed by atoms with Crippen LogP contribution in [0.25, 0.3) is 0 Å². The minimum atomic E-state index is -0.505. The van der Waals surface area contributed by atoms with Gasteiger partial charge in [-0.2, -0.15) is 0 Å². The fraction of sp³-hybridized carbons (Fsp3) is 0.778. The Hall–Kier alpha value is -1.14. The van der Waals surface area contributed by atoms with E-state index in [4.69, 9.17) is 0 Å². The molecule has 84 valence electrons. The smallest absolute Gasteiger partial charge is 0.417 e. The third-order valence-corrected chi connectivity index (χ3v) is 2.69. The molecule has 0 aliphatic carbocycles. The molecule has 0 aromatic carbocycles. The number of rotatable bonds is 3. The summed E-state index contributed by atoms with van der Waals surface area (Å²) in [4.78, 5) is 25.7. The monoisotopic (exact) mass is 213 g/mol. The van der Waals surface area contributed by atoms with Crippen molar-refractivity contribution in [2.75, 3.05) is 45.9 Å². The van der Waals surface area contributed by atoms with Crippen LogP contribution >= 0.6 is 0 Å². The van der Waals surface area contributed by atoms with Gasteiger partial charge in [-0.05, 0) is 0 Å². The van der Waals surface area contributed by atoms with Gasteiger partial charge in [0.2, 0.25) is 0 Å². The summed E-state index contributed by atoms with van der Waals surface area (Å²) in [5, 5.41) is 3.25. The number of carbonyl (C=O) groups excluding carboxylic acids is 2. The maximum absolute atomic E-state index is 11.2. The maximum Gasteiger partial charge on any atom is 0.417 e. The summed E-state index contributed by atoms with van der Waals surface area (Å²) in [5.41, 5.74) is 0. The van der Waals surface area contributed by atoms with Gasteiger partial charge in [-0.25, -0.2) is 9.69 Å². The van der Waals surface area contributed by atoms with Crippen LogP contribution in [0.15, 0.2) is 0 Å². The average molecular weight is 213 g/mol. The zero-order valence-corrected chi connectivity index (χ0v) is 8.57. The standard InChI is InChI=1S/C9H15N3O3/c13-8-7-15-9(14)12(8)6-5-11-3-1-10-2-4-11/h10H,1-7H2. The molecule has 2 aliphatic heterocycles. The van der Waals surface area contributed by atoms with Crippen molar-refractivity contribution >= 4 is 12.0 Å². The summed E-state index contributed by atoms with van der Waals surface area (Å²) in [6.07, 6.45) is -0.505. The first-order valence-electron chi connectivity index (χ1n) is 5.17. The molecule has 6 heteroatoms. The van der Waals surface area contributed by atoms with E-state index < -0.39 is 6.09 Å². The number of nitrogens with zero attached hydrogens (tertiary/aromatic N) is 2. The van der Waals surface area contributed by atoms with Crippen LogP contribution in [0.5, 0.6) is 0 Å². The van der Waals surface area contributed by atoms with Gasteiger partial charge in [-0.3, -0.25) is 9.69 Å². The number of nitrogens with one attached hydrogen (secondary N) is 1. The molecule has 2 fully saturated rings. The van der Waals surface area contributed by atoms with Crippen molar-refractivity contribution in [1.29, 1.82) is 0 Å². The number of hydrogen-bond acceptors (Lipinski definition) is 5. The van der Waals surface area contributed by atoms with Gasteiger partial charge in [0.05, 0.1) is 0 Å². The van der Waals surface area contributed by atoms with Gasteiger partial charge in [-0.15, -0.1) is 0 Å². The van der Waals surface area contributed by atoms with Gasteiger partial charge in [0, 0.05) is 39.3 Å². The second kappa shape index (κ2) is 4.59. The quantitative estimate of drug-likeness (QED) is 0.643. The highest BCUT2D eigenvalue weighted by Crippen LogP contribution is 2.05. The highest BCUT2D eigenvalue weighted by atomic mass is 16.6. The molecule has 2 heterocycles. The van der Waals surface area contributed by atoms with Gasteiger partial charge in [0.25, 0.3) is 5.91 Å². The fourth-order valence-corrected chi connectivity index (χ4v) is 1.77. The molecule has 0 unspecified atom stereocenters. The number of hydrogen-bond donors (Lipinski definition) is 1. The lowest BCUT2D eigenvalue weighted by Crippen LogP contribution is -2.46. The minimum Gasteiger partial charge on any atom is -0.439 e. The first-order valence-corrected chi connectivity index (χ1v) is 5.17. The molecule has 0 aromatic rings. The van der Waals surface area contributed by atoms with Crippen molar-refractivity contribution in [1.82, 2.24) is 15.1 Å². The molecule has 1 N–H and O–H groups in total. The van der Waals surface area contributed by atoms with Crippen LogP contribution in [-0.2, 0) is 9.53 Å². The van der Waals surface area contributed by atoms with Crippen LogP contribution in [0.4, 0.5) is 4.79 Å². The second-order valence-corrected chi connectivity index (χ2v) is 3.69. The van der Waals surface area contributed by atoms with E-state index in [0.717, 1.165) is 32.7 Å². The molecule has 2 amide bonds. The van der Waals surface area contributed by atoms with Crippen molar-refractivity contribution in [2.45, 2.75) is 0 Å². The molecule has 6 nitrogen and oxygen atoms in total. The van der Waals surface area contributed by atoms with Crippen LogP contribution in [0.3, 0.4) is 0 Å². The summed E-state index contributed by atoms with van der Waals surface area (Å²) in [6, 6.07) is 0. The van der Waals surface area contributed by atoms with Gasteiger partial charge < -0.3 is 10.1 Å². The summed E-state index contributed by atoms with van der Waals surface area (Å²) in [6.45, 7) is 4.96. The molecule has 2 aliphatic rings. The Kier molecular flexibility index (Phi) is 3.17. The molecule has 0 radical (unpaired) electrons. The van der Waals surface area contributed by atoms with Crippen LogP contribution in [-0.4, -0.2) is 67.7 Å². The van der Waals surface area contributed by atoms with E-state index >= 15 is 0 Å². The molecule has 15 heavy (non-hydrogen) atoms. The van der Waals surface area contributed by atoms with E-state index in [-0.39, 0.29) is 12.5 Å². The topological polar surface area (TPSA) is 61.9 Å². The Morgan fingerprint density at radius 1 is 1.20 bits per heavy atom. The van der Waals surface area contributed by atoms with Gasteiger partial charge in [0.1, 0.15) is 0 Å². The lowest BCUT2D eigenvalue weighted by Gasteiger charge is -2.27. The predicted molar refractivity (Wildman–Crippen MR) is 52.4 cm³/mol. The van der Waals surface area contributed by atoms with Gasteiger partial charge >= 0.3 is 6.09 Å². The van der Waals surface area contributed by atoms with Crippen LogP contribution in [0, 0.1) is 0 Å². The maximum atomic E-state index is 11.2. The van der Waals surface area contributed by atoms with Crippen molar-refractivity contribution in [3.63, 3.8) is 0 Å². The molecular formula is C9H15N3O3. The highest BCUT2D eigenvalue weighted by Gasteiger charge is 2.30. The lowest BCUT2D eigenvalue weighted by atomic mass is 10.3.